The zero-order valence-corrected chi connectivity index (χ0v) is 12.1. The van der Waals surface area contributed by atoms with Gasteiger partial charge in [-0.3, -0.25) is 4.79 Å². The van der Waals surface area contributed by atoms with E-state index >= 15 is 0 Å². The molecule has 0 radical (unpaired) electrons. The third-order valence-corrected chi connectivity index (χ3v) is 5.49. The number of hydrogen-bond donors (Lipinski definition) is 1. The average Bonchev–Trinajstić information content (AvgIpc) is 2.86. The molecule has 2 nitrogen and oxygen atoms in total. The Morgan fingerprint density at radius 3 is 2.79 bits per heavy atom. The molecule has 1 aliphatic heterocycles. The van der Waals surface area contributed by atoms with E-state index in [1.807, 2.05) is 6.07 Å². The van der Waals surface area contributed by atoms with E-state index in [1.54, 1.807) is 0 Å². The summed E-state index contributed by atoms with van der Waals surface area (Å²) in [5, 5.41) is 2.91. The number of hydrogen-bond acceptors (Lipinski definition) is 1. The summed E-state index contributed by atoms with van der Waals surface area (Å²) < 4.78 is 0. The minimum Gasteiger partial charge on any atom is -0.352 e. The number of carbonyl (C=O) groups excluding carboxylic acids is 1. The van der Waals surface area contributed by atoms with E-state index in [2.05, 4.69) is 24.4 Å². The fourth-order valence-electron chi connectivity index (χ4n) is 3.43. The second-order valence-corrected chi connectivity index (χ2v) is 6.58. The molecule has 1 fully saturated rings. The predicted octanol–water partition coefficient (Wildman–Crippen LogP) is 3.83. The van der Waals surface area contributed by atoms with Crippen LogP contribution in [0.1, 0.15) is 59.5 Å². The molecule has 1 aliphatic carbocycles. The molecular weight excluding hydrogens is 258 g/mol. The largest absolute Gasteiger partial charge is 0.352 e. The molecule has 3 rings (SSSR count). The number of rotatable bonds is 2. The van der Waals surface area contributed by atoms with Crippen molar-refractivity contribution in [2.45, 2.75) is 44.4 Å². The summed E-state index contributed by atoms with van der Waals surface area (Å²) in [5.41, 5.74) is 3.24. The highest BCUT2D eigenvalue weighted by Gasteiger charge is 2.37. The van der Waals surface area contributed by atoms with Crippen molar-refractivity contribution in [1.29, 1.82) is 0 Å². The van der Waals surface area contributed by atoms with E-state index in [4.69, 9.17) is 11.6 Å². The predicted molar refractivity (Wildman–Crippen MR) is 77.6 cm³/mol. The fraction of sp³-hybridized carbons (Fsp3) is 0.562. The van der Waals surface area contributed by atoms with Crippen molar-refractivity contribution in [2.24, 2.45) is 5.41 Å². The van der Waals surface area contributed by atoms with Crippen molar-refractivity contribution < 1.29 is 4.79 Å². The Bertz CT molecular complexity index is 505. The van der Waals surface area contributed by atoms with Gasteiger partial charge >= 0.3 is 0 Å². The molecule has 2 aliphatic rings. The maximum atomic E-state index is 11.9. The van der Waals surface area contributed by atoms with Gasteiger partial charge in [-0.05, 0) is 41.9 Å². The van der Waals surface area contributed by atoms with Crippen molar-refractivity contribution in [2.75, 3.05) is 6.54 Å². The SMILES string of the molecule is CC1(C(Cl)c2ccc3c(c2)C(=O)NCC3)CCCC1. The summed E-state index contributed by atoms with van der Waals surface area (Å²) >= 11 is 6.71. The van der Waals surface area contributed by atoms with Crippen molar-refractivity contribution in [3.8, 4) is 0 Å². The van der Waals surface area contributed by atoms with Crippen LogP contribution in [-0.2, 0) is 6.42 Å². The molecule has 1 amide bonds. The normalized spacial score (nSPS) is 22.7. The number of benzene rings is 1. The lowest BCUT2D eigenvalue weighted by atomic mass is 9.80. The number of halogens is 1. The molecule has 1 N–H and O–H groups in total. The summed E-state index contributed by atoms with van der Waals surface area (Å²) in [4.78, 5) is 11.9. The van der Waals surface area contributed by atoms with Crippen molar-refractivity contribution in [1.82, 2.24) is 5.32 Å². The fourth-order valence-corrected chi connectivity index (χ4v) is 3.78. The number of carbonyl (C=O) groups is 1. The Morgan fingerprint density at radius 2 is 2.05 bits per heavy atom. The van der Waals surface area contributed by atoms with Crippen LogP contribution >= 0.6 is 11.6 Å². The van der Waals surface area contributed by atoms with Gasteiger partial charge in [-0.25, -0.2) is 0 Å². The van der Waals surface area contributed by atoms with Gasteiger partial charge in [0.2, 0.25) is 0 Å². The molecular formula is C16H20ClNO. The zero-order chi connectivity index (χ0) is 13.5. The van der Waals surface area contributed by atoms with E-state index in [1.165, 1.54) is 25.7 Å². The van der Waals surface area contributed by atoms with Crippen LogP contribution in [0.2, 0.25) is 0 Å². The van der Waals surface area contributed by atoms with Crippen LogP contribution in [0.4, 0.5) is 0 Å². The van der Waals surface area contributed by atoms with E-state index in [0.717, 1.165) is 29.7 Å². The van der Waals surface area contributed by atoms with Crippen molar-refractivity contribution >= 4 is 17.5 Å². The quantitative estimate of drug-likeness (QED) is 0.818. The van der Waals surface area contributed by atoms with Gasteiger partial charge in [0.25, 0.3) is 5.91 Å². The average molecular weight is 278 g/mol. The zero-order valence-electron chi connectivity index (χ0n) is 11.3. The minimum absolute atomic E-state index is 0.00928. The summed E-state index contributed by atoms with van der Waals surface area (Å²) in [6.07, 6.45) is 5.83. The number of fused-ring (bicyclic) bond motifs is 1. The topological polar surface area (TPSA) is 29.1 Å². The van der Waals surface area contributed by atoms with Crippen LogP contribution in [0, 0.1) is 5.41 Å². The van der Waals surface area contributed by atoms with Gasteiger partial charge in [0.1, 0.15) is 0 Å². The summed E-state index contributed by atoms with van der Waals surface area (Å²) in [5.74, 6) is 0.0449. The lowest BCUT2D eigenvalue weighted by Crippen LogP contribution is -2.32. The molecule has 0 saturated heterocycles. The monoisotopic (exact) mass is 277 g/mol. The van der Waals surface area contributed by atoms with Crippen LogP contribution in [0.3, 0.4) is 0 Å². The number of alkyl halides is 1. The molecule has 0 spiro atoms. The first-order chi connectivity index (χ1) is 9.10. The molecule has 102 valence electrons. The first-order valence-corrected chi connectivity index (χ1v) is 7.59. The minimum atomic E-state index is 0.00928. The smallest absolute Gasteiger partial charge is 0.251 e. The Hall–Kier alpha value is -1.02. The molecule has 1 saturated carbocycles. The van der Waals surface area contributed by atoms with Gasteiger partial charge in [0, 0.05) is 12.1 Å². The molecule has 19 heavy (non-hydrogen) atoms. The summed E-state index contributed by atoms with van der Waals surface area (Å²) in [6, 6.07) is 6.20. The standard InChI is InChI=1S/C16H20ClNO/c1-16(7-2-3-8-16)14(17)12-5-4-11-6-9-18-15(19)13(11)10-12/h4-5,10,14H,2-3,6-9H2,1H3,(H,18,19). The number of nitrogens with one attached hydrogen (secondary N) is 1. The van der Waals surface area contributed by atoms with E-state index in [-0.39, 0.29) is 16.7 Å². The van der Waals surface area contributed by atoms with Crippen molar-refractivity contribution in [3.05, 3.63) is 34.9 Å². The van der Waals surface area contributed by atoms with Gasteiger partial charge in [0.15, 0.2) is 0 Å². The van der Waals surface area contributed by atoms with Gasteiger partial charge < -0.3 is 5.32 Å². The van der Waals surface area contributed by atoms with Gasteiger partial charge in [-0.2, -0.15) is 0 Å². The summed E-state index contributed by atoms with van der Waals surface area (Å²) in [7, 11) is 0. The highest BCUT2D eigenvalue weighted by molar-refractivity contribution is 6.21. The molecule has 0 aromatic heterocycles. The first-order valence-electron chi connectivity index (χ1n) is 7.15. The van der Waals surface area contributed by atoms with Gasteiger partial charge in [-0.15, -0.1) is 11.6 Å². The van der Waals surface area contributed by atoms with Gasteiger partial charge in [-0.1, -0.05) is 31.9 Å². The maximum Gasteiger partial charge on any atom is 0.251 e. The lowest BCUT2D eigenvalue weighted by molar-refractivity contribution is 0.0946. The van der Waals surface area contributed by atoms with E-state index < -0.39 is 0 Å². The Morgan fingerprint density at radius 1 is 1.32 bits per heavy atom. The molecule has 1 atom stereocenters. The highest BCUT2D eigenvalue weighted by atomic mass is 35.5. The van der Waals surface area contributed by atoms with Crippen LogP contribution in [0.5, 0.6) is 0 Å². The highest BCUT2D eigenvalue weighted by Crippen LogP contribution is 2.50. The first kappa shape index (κ1) is 13.0. The Kier molecular flexibility index (Phi) is 3.30. The van der Waals surface area contributed by atoms with Crippen LogP contribution in [0.15, 0.2) is 18.2 Å². The summed E-state index contributed by atoms with van der Waals surface area (Å²) in [6.45, 7) is 3.02. The lowest BCUT2D eigenvalue weighted by Gasteiger charge is -2.30. The molecule has 1 aromatic rings. The van der Waals surface area contributed by atoms with Gasteiger partial charge in [0.05, 0.1) is 5.38 Å². The second kappa shape index (κ2) is 4.82. The number of amides is 1. The molecule has 1 heterocycles. The van der Waals surface area contributed by atoms with Crippen LogP contribution in [0.25, 0.3) is 0 Å². The molecule has 1 unspecified atom stereocenters. The Labute approximate surface area is 119 Å². The van der Waals surface area contributed by atoms with Crippen LogP contribution < -0.4 is 5.32 Å². The van der Waals surface area contributed by atoms with E-state index in [9.17, 15) is 4.79 Å². The molecule has 3 heteroatoms. The molecule has 0 bridgehead atoms. The van der Waals surface area contributed by atoms with E-state index in [0.29, 0.717) is 0 Å². The van der Waals surface area contributed by atoms with Crippen LogP contribution in [-0.4, -0.2) is 12.5 Å². The third kappa shape index (κ3) is 2.27. The Balaban J connectivity index is 1.93. The molecule has 1 aromatic carbocycles. The second-order valence-electron chi connectivity index (χ2n) is 6.15. The van der Waals surface area contributed by atoms with Crippen molar-refractivity contribution in [3.63, 3.8) is 0 Å². The maximum absolute atomic E-state index is 11.9. The third-order valence-electron chi connectivity index (χ3n) is 4.71.